The summed E-state index contributed by atoms with van der Waals surface area (Å²) >= 11 is 0. The maximum Gasteiger partial charge on any atom is 0.337 e. The van der Waals surface area contributed by atoms with Crippen LogP contribution in [0.5, 0.6) is 0 Å². The minimum Gasteiger partial charge on any atom is -0.478 e. The number of pyridine rings is 1. The van der Waals surface area contributed by atoms with Gasteiger partial charge in [-0.25, -0.2) is 9.78 Å². The summed E-state index contributed by atoms with van der Waals surface area (Å²) in [4.78, 5) is 26.1. The Labute approximate surface area is 112 Å². The molecule has 1 N–H and O–H groups in total. The van der Waals surface area contributed by atoms with Crippen LogP contribution >= 0.6 is 0 Å². The average Bonchev–Trinajstić information content (AvgIpc) is 2.43. The molecule has 20 heavy (non-hydrogen) atoms. The summed E-state index contributed by atoms with van der Waals surface area (Å²) in [6, 6.07) is 10.9. The normalized spacial score (nSPS) is 10.8. The Hall–Kier alpha value is -3.02. The van der Waals surface area contributed by atoms with Gasteiger partial charge in [-0.05, 0) is 12.1 Å². The Morgan fingerprint density at radius 2 is 1.80 bits per heavy atom. The number of para-hydroxylation sites is 1. The minimum atomic E-state index is -1.13. The molecule has 1 aromatic heterocycles. The summed E-state index contributed by atoms with van der Waals surface area (Å²) < 4.78 is 0. The van der Waals surface area contributed by atoms with Crippen molar-refractivity contribution >= 4 is 33.5 Å². The Bertz CT molecular complexity index is 874. The van der Waals surface area contributed by atoms with E-state index < -0.39 is 10.9 Å². The van der Waals surface area contributed by atoms with Crippen molar-refractivity contribution < 1.29 is 14.8 Å². The van der Waals surface area contributed by atoms with Gasteiger partial charge < -0.3 is 5.11 Å². The van der Waals surface area contributed by atoms with Crippen molar-refractivity contribution in [2.24, 2.45) is 0 Å². The number of aromatic nitrogens is 1. The van der Waals surface area contributed by atoms with Crippen LogP contribution in [0.2, 0.25) is 0 Å². The zero-order valence-electron chi connectivity index (χ0n) is 10.1. The van der Waals surface area contributed by atoms with Gasteiger partial charge >= 0.3 is 5.97 Å². The summed E-state index contributed by atoms with van der Waals surface area (Å²) in [7, 11) is 0. The summed E-state index contributed by atoms with van der Waals surface area (Å²) in [6.45, 7) is 0. The van der Waals surface area contributed by atoms with E-state index in [0.29, 0.717) is 16.4 Å². The highest BCUT2D eigenvalue weighted by atomic mass is 16.6. The van der Waals surface area contributed by atoms with E-state index in [0.717, 1.165) is 0 Å². The fourth-order valence-corrected chi connectivity index (χ4v) is 2.22. The molecule has 1 heterocycles. The summed E-state index contributed by atoms with van der Waals surface area (Å²) in [5, 5.41) is 21.0. The first-order chi connectivity index (χ1) is 9.58. The standard InChI is InChI=1S/C14H8N2O4/c17-14(18)13-9-3-1-2-4-11(9)15-12-6-5-8(16(19)20)7-10(12)13/h1-7H,(H,17,18). The van der Waals surface area contributed by atoms with Crippen LogP contribution in [-0.2, 0) is 0 Å². The molecule has 6 nitrogen and oxygen atoms in total. The molecule has 0 bridgehead atoms. The molecular weight excluding hydrogens is 260 g/mol. The number of fused-ring (bicyclic) bond motifs is 2. The molecule has 0 unspecified atom stereocenters. The molecular formula is C14H8N2O4. The van der Waals surface area contributed by atoms with Crippen LogP contribution in [0.4, 0.5) is 5.69 Å². The molecule has 0 aliphatic heterocycles. The van der Waals surface area contributed by atoms with Crippen LogP contribution < -0.4 is 0 Å². The summed E-state index contributed by atoms with van der Waals surface area (Å²) in [5.41, 5.74) is 0.851. The number of carbonyl (C=O) groups is 1. The molecule has 98 valence electrons. The van der Waals surface area contributed by atoms with Gasteiger partial charge in [-0.15, -0.1) is 0 Å². The van der Waals surface area contributed by atoms with Crippen molar-refractivity contribution in [1.29, 1.82) is 0 Å². The van der Waals surface area contributed by atoms with Crippen LogP contribution in [0, 0.1) is 10.1 Å². The van der Waals surface area contributed by atoms with E-state index in [1.165, 1.54) is 18.2 Å². The minimum absolute atomic E-state index is 0.0364. The maximum absolute atomic E-state index is 11.5. The zero-order valence-corrected chi connectivity index (χ0v) is 10.1. The predicted molar refractivity (Wildman–Crippen MR) is 72.9 cm³/mol. The number of hydrogen-bond acceptors (Lipinski definition) is 4. The van der Waals surface area contributed by atoms with Crippen LogP contribution in [0.1, 0.15) is 10.4 Å². The number of nitrogens with zero attached hydrogens (tertiary/aromatic N) is 2. The molecule has 2 aromatic carbocycles. The fourth-order valence-electron chi connectivity index (χ4n) is 2.22. The number of non-ortho nitro benzene ring substituents is 1. The molecule has 6 heteroatoms. The molecule has 3 aromatic rings. The Morgan fingerprint density at radius 1 is 1.10 bits per heavy atom. The van der Waals surface area contributed by atoms with Crippen molar-refractivity contribution in [3.05, 3.63) is 58.1 Å². The van der Waals surface area contributed by atoms with E-state index in [1.807, 2.05) is 0 Å². The van der Waals surface area contributed by atoms with Gasteiger partial charge in [0.15, 0.2) is 0 Å². The second-order valence-electron chi connectivity index (χ2n) is 4.27. The monoisotopic (exact) mass is 268 g/mol. The lowest BCUT2D eigenvalue weighted by molar-refractivity contribution is -0.384. The fraction of sp³-hybridized carbons (Fsp3) is 0. The van der Waals surface area contributed by atoms with E-state index >= 15 is 0 Å². The summed E-state index contributed by atoms with van der Waals surface area (Å²) in [6.07, 6.45) is 0. The molecule has 0 saturated carbocycles. The molecule has 3 rings (SSSR count). The largest absolute Gasteiger partial charge is 0.478 e. The van der Waals surface area contributed by atoms with Gasteiger partial charge in [0.05, 0.1) is 21.5 Å². The van der Waals surface area contributed by atoms with Crippen LogP contribution in [0.3, 0.4) is 0 Å². The third-order valence-electron chi connectivity index (χ3n) is 3.09. The van der Waals surface area contributed by atoms with Crippen LogP contribution in [-0.4, -0.2) is 21.0 Å². The molecule has 0 aliphatic carbocycles. The third-order valence-corrected chi connectivity index (χ3v) is 3.09. The quantitative estimate of drug-likeness (QED) is 0.438. The van der Waals surface area contributed by atoms with Gasteiger partial charge in [0, 0.05) is 22.9 Å². The van der Waals surface area contributed by atoms with Crippen molar-refractivity contribution in [3.63, 3.8) is 0 Å². The summed E-state index contributed by atoms with van der Waals surface area (Å²) in [5.74, 6) is -1.13. The second kappa shape index (κ2) is 4.27. The highest BCUT2D eigenvalue weighted by Crippen LogP contribution is 2.28. The number of nitro groups is 1. The Kier molecular flexibility index (Phi) is 2.57. The third kappa shape index (κ3) is 1.74. The predicted octanol–water partition coefficient (Wildman–Crippen LogP) is 2.99. The number of benzene rings is 2. The topological polar surface area (TPSA) is 93.3 Å². The highest BCUT2D eigenvalue weighted by Gasteiger charge is 2.17. The number of carboxylic acids is 1. The first kappa shape index (κ1) is 12.0. The van der Waals surface area contributed by atoms with Crippen LogP contribution in [0.25, 0.3) is 21.8 Å². The van der Waals surface area contributed by atoms with E-state index in [9.17, 15) is 20.0 Å². The first-order valence-electron chi connectivity index (χ1n) is 5.78. The molecule has 0 atom stereocenters. The highest BCUT2D eigenvalue weighted by molar-refractivity contribution is 6.14. The number of hydrogen-bond donors (Lipinski definition) is 1. The Balaban J connectivity index is 2.52. The molecule has 0 aliphatic rings. The van der Waals surface area contributed by atoms with Crippen molar-refractivity contribution in [2.75, 3.05) is 0 Å². The van der Waals surface area contributed by atoms with E-state index in [2.05, 4.69) is 4.98 Å². The van der Waals surface area contributed by atoms with Gasteiger partial charge in [0.25, 0.3) is 5.69 Å². The molecule has 0 spiro atoms. The number of nitro benzene ring substituents is 1. The zero-order chi connectivity index (χ0) is 14.3. The maximum atomic E-state index is 11.5. The van der Waals surface area contributed by atoms with Crippen molar-refractivity contribution in [3.8, 4) is 0 Å². The lowest BCUT2D eigenvalue weighted by Crippen LogP contribution is -2.01. The van der Waals surface area contributed by atoms with E-state index in [4.69, 9.17) is 0 Å². The number of rotatable bonds is 2. The lowest BCUT2D eigenvalue weighted by atomic mass is 10.0. The average molecular weight is 268 g/mol. The smallest absolute Gasteiger partial charge is 0.337 e. The number of aromatic carboxylic acids is 1. The molecule has 0 fully saturated rings. The van der Waals surface area contributed by atoms with Crippen molar-refractivity contribution in [1.82, 2.24) is 4.98 Å². The van der Waals surface area contributed by atoms with Gasteiger partial charge in [0.1, 0.15) is 0 Å². The molecule has 0 radical (unpaired) electrons. The van der Waals surface area contributed by atoms with E-state index in [-0.39, 0.29) is 16.6 Å². The van der Waals surface area contributed by atoms with Gasteiger partial charge in [0.2, 0.25) is 0 Å². The SMILES string of the molecule is O=C(O)c1c2ccccc2nc2ccc([N+](=O)[O-])cc12. The lowest BCUT2D eigenvalue weighted by Gasteiger charge is -2.06. The van der Waals surface area contributed by atoms with E-state index in [1.54, 1.807) is 24.3 Å². The van der Waals surface area contributed by atoms with Gasteiger partial charge in [-0.2, -0.15) is 0 Å². The molecule has 0 amide bonds. The van der Waals surface area contributed by atoms with Gasteiger partial charge in [-0.3, -0.25) is 10.1 Å². The number of carboxylic acid groups (broad SMARTS) is 1. The second-order valence-corrected chi connectivity index (χ2v) is 4.27. The van der Waals surface area contributed by atoms with Crippen LogP contribution in [0.15, 0.2) is 42.5 Å². The molecule has 0 saturated heterocycles. The first-order valence-corrected chi connectivity index (χ1v) is 5.78. The Morgan fingerprint density at radius 3 is 2.50 bits per heavy atom. The van der Waals surface area contributed by atoms with Gasteiger partial charge in [-0.1, -0.05) is 18.2 Å². The van der Waals surface area contributed by atoms with Crippen molar-refractivity contribution in [2.45, 2.75) is 0 Å².